The van der Waals surface area contributed by atoms with Crippen molar-refractivity contribution in [3.63, 3.8) is 0 Å². The van der Waals surface area contributed by atoms with Gasteiger partial charge in [-0.15, -0.1) is 0 Å². The lowest BCUT2D eigenvalue weighted by molar-refractivity contribution is 0.585. The summed E-state index contributed by atoms with van der Waals surface area (Å²) in [5.74, 6) is 0. The van der Waals surface area contributed by atoms with Gasteiger partial charge in [0.15, 0.2) is 0 Å². The lowest BCUT2D eigenvalue weighted by Crippen LogP contribution is -2.37. The van der Waals surface area contributed by atoms with E-state index in [1.165, 1.54) is 0 Å². The Hall–Kier alpha value is -0.643. The third-order valence-electron chi connectivity index (χ3n) is 1.41. The van der Waals surface area contributed by atoms with E-state index in [1.54, 1.807) is 0 Å². The van der Waals surface area contributed by atoms with Gasteiger partial charge in [0.1, 0.15) is 0 Å². The fraction of sp³-hybridized carbons (Fsp3) is 0.143. The molecule has 0 aliphatic heterocycles. The highest BCUT2D eigenvalue weighted by Crippen LogP contribution is 1.83. The van der Waals surface area contributed by atoms with E-state index in [1.807, 2.05) is 30.3 Å². The summed E-state index contributed by atoms with van der Waals surface area (Å²) in [6, 6.07) is 9.61. The highest BCUT2D eigenvalue weighted by Gasteiger charge is 2.04. The molecule has 0 saturated heterocycles. The molecule has 1 rings (SSSR count). The first kappa shape index (κ1) is 7.46. The quantitative estimate of drug-likeness (QED) is 0.541. The molecule has 0 fully saturated rings. The highest BCUT2D eigenvalue weighted by molar-refractivity contribution is 6.66. The van der Waals surface area contributed by atoms with Crippen LogP contribution in [0.25, 0.3) is 0 Å². The van der Waals surface area contributed by atoms with Crippen LogP contribution < -0.4 is 10.9 Å². The van der Waals surface area contributed by atoms with Crippen LogP contribution in [0.2, 0.25) is 0 Å². The molecule has 0 aliphatic carbocycles. The van der Waals surface area contributed by atoms with Gasteiger partial charge in [-0.25, -0.2) is 0 Å². The van der Waals surface area contributed by atoms with Crippen LogP contribution in [0.4, 0.5) is 0 Å². The Morgan fingerprint density at radius 3 is 2.40 bits per heavy atom. The molecular weight excluding hydrogens is 142 g/mol. The number of nitrogens with two attached hydrogens (primary N) is 1. The van der Waals surface area contributed by atoms with Gasteiger partial charge in [0.25, 0.3) is 0 Å². The summed E-state index contributed by atoms with van der Waals surface area (Å²) >= 11 is 0. The Bertz CT molecular complexity index is 190. The van der Waals surface area contributed by atoms with Gasteiger partial charge in [-0.2, -0.15) is 0 Å². The SMILES string of the molecule is NC[SiH](O)c1ccccc1. The molecule has 3 N–H and O–H groups in total. The van der Waals surface area contributed by atoms with Gasteiger partial charge in [0, 0.05) is 6.17 Å². The first-order valence-corrected chi connectivity index (χ1v) is 5.18. The average molecular weight is 153 g/mol. The molecular formula is C7H11NOSi. The highest BCUT2D eigenvalue weighted by atomic mass is 28.3. The smallest absolute Gasteiger partial charge is 0.217 e. The van der Waals surface area contributed by atoms with Crippen molar-refractivity contribution in [2.75, 3.05) is 6.17 Å². The van der Waals surface area contributed by atoms with Crippen molar-refractivity contribution in [3.8, 4) is 0 Å². The fourth-order valence-electron chi connectivity index (χ4n) is 0.811. The molecule has 1 aromatic rings. The van der Waals surface area contributed by atoms with Crippen LogP contribution in [0, 0.1) is 0 Å². The van der Waals surface area contributed by atoms with Crippen molar-refractivity contribution in [1.29, 1.82) is 0 Å². The standard InChI is InChI=1S/C7H11NOSi/c8-6-10(9)7-4-2-1-3-5-7/h1-5,9-10H,6,8H2. The van der Waals surface area contributed by atoms with Gasteiger partial charge in [-0.3, -0.25) is 0 Å². The Labute approximate surface area is 62.0 Å². The number of benzene rings is 1. The molecule has 3 heteroatoms. The van der Waals surface area contributed by atoms with E-state index >= 15 is 0 Å². The van der Waals surface area contributed by atoms with Gasteiger partial charge >= 0.3 is 0 Å². The van der Waals surface area contributed by atoms with E-state index in [9.17, 15) is 4.80 Å². The number of hydrogen-bond donors (Lipinski definition) is 2. The average Bonchev–Trinajstić information content (AvgIpc) is 2.05. The second-order valence-corrected chi connectivity index (χ2v) is 4.33. The summed E-state index contributed by atoms with van der Waals surface area (Å²) in [5.41, 5.74) is 5.32. The van der Waals surface area contributed by atoms with Crippen molar-refractivity contribution < 1.29 is 4.80 Å². The summed E-state index contributed by atoms with van der Waals surface area (Å²) in [6.45, 7) is 0. The first-order valence-electron chi connectivity index (χ1n) is 3.27. The Morgan fingerprint density at radius 1 is 1.30 bits per heavy atom. The fourth-order valence-corrected chi connectivity index (χ4v) is 1.75. The Balaban J connectivity index is 2.75. The van der Waals surface area contributed by atoms with E-state index in [4.69, 9.17) is 5.73 Å². The largest absolute Gasteiger partial charge is 0.429 e. The summed E-state index contributed by atoms with van der Waals surface area (Å²) in [4.78, 5) is 9.34. The van der Waals surface area contributed by atoms with Crippen molar-refractivity contribution in [2.24, 2.45) is 5.73 Å². The van der Waals surface area contributed by atoms with Gasteiger partial charge in [-0.05, 0) is 5.19 Å². The predicted molar refractivity (Wildman–Crippen MR) is 44.5 cm³/mol. The molecule has 10 heavy (non-hydrogen) atoms. The lowest BCUT2D eigenvalue weighted by Gasteiger charge is -2.03. The van der Waals surface area contributed by atoms with E-state index in [0.29, 0.717) is 6.17 Å². The Morgan fingerprint density at radius 2 is 1.90 bits per heavy atom. The van der Waals surface area contributed by atoms with Crippen LogP contribution in [0.15, 0.2) is 30.3 Å². The molecule has 1 unspecified atom stereocenters. The van der Waals surface area contributed by atoms with Gasteiger partial charge < -0.3 is 10.5 Å². The lowest BCUT2D eigenvalue weighted by atomic mass is 10.4. The second kappa shape index (κ2) is 3.51. The molecule has 2 nitrogen and oxygen atoms in total. The molecule has 0 heterocycles. The molecule has 0 saturated carbocycles. The molecule has 54 valence electrons. The van der Waals surface area contributed by atoms with Crippen molar-refractivity contribution in [3.05, 3.63) is 30.3 Å². The van der Waals surface area contributed by atoms with E-state index < -0.39 is 9.04 Å². The normalized spacial score (nSPS) is 13.0. The predicted octanol–water partition coefficient (Wildman–Crippen LogP) is -0.892. The minimum Gasteiger partial charge on any atom is -0.429 e. The van der Waals surface area contributed by atoms with Crippen LogP contribution in [-0.4, -0.2) is 20.0 Å². The Kier molecular flexibility index (Phi) is 2.62. The minimum absolute atomic E-state index is 0.421. The summed E-state index contributed by atoms with van der Waals surface area (Å²) in [5, 5.41) is 1.02. The third-order valence-corrected chi connectivity index (χ3v) is 3.01. The number of rotatable bonds is 2. The van der Waals surface area contributed by atoms with Crippen LogP contribution >= 0.6 is 0 Å². The van der Waals surface area contributed by atoms with Crippen molar-refractivity contribution >= 4 is 14.2 Å². The van der Waals surface area contributed by atoms with Crippen LogP contribution in [0.1, 0.15) is 0 Å². The molecule has 0 radical (unpaired) electrons. The summed E-state index contributed by atoms with van der Waals surface area (Å²) < 4.78 is 0. The maximum atomic E-state index is 9.34. The van der Waals surface area contributed by atoms with Gasteiger partial charge in [-0.1, -0.05) is 30.3 Å². The monoisotopic (exact) mass is 153 g/mol. The van der Waals surface area contributed by atoms with E-state index in [0.717, 1.165) is 5.19 Å². The molecule has 1 atom stereocenters. The minimum atomic E-state index is -1.76. The van der Waals surface area contributed by atoms with Crippen LogP contribution in [0.5, 0.6) is 0 Å². The maximum Gasteiger partial charge on any atom is 0.217 e. The van der Waals surface area contributed by atoms with Gasteiger partial charge in [0.2, 0.25) is 9.04 Å². The zero-order chi connectivity index (χ0) is 7.40. The molecule has 1 aromatic carbocycles. The summed E-state index contributed by atoms with van der Waals surface area (Å²) in [6.07, 6.45) is 0.421. The van der Waals surface area contributed by atoms with Crippen molar-refractivity contribution in [2.45, 2.75) is 0 Å². The molecule has 0 spiro atoms. The molecule has 0 aromatic heterocycles. The molecule has 0 bridgehead atoms. The number of hydrogen-bond acceptors (Lipinski definition) is 2. The molecule has 0 amide bonds. The van der Waals surface area contributed by atoms with Crippen LogP contribution in [-0.2, 0) is 0 Å². The zero-order valence-electron chi connectivity index (χ0n) is 5.70. The van der Waals surface area contributed by atoms with Crippen molar-refractivity contribution in [1.82, 2.24) is 0 Å². The first-order chi connectivity index (χ1) is 4.84. The van der Waals surface area contributed by atoms with E-state index in [2.05, 4.69) is 0 Å². The van der Waals surface area contributed by atoms with E-state index in [-0.39, 0.29) is 0 Å². The van der Waals surface area contributed by atoms with Gasteiger partial charge in [0.05, 0.1) is 0 Å². The topological polar surface area (TPSA) is 46.2 Å². The third kappa shape index (κ3) is 1.67. The van der Waals surface area contributed by atoms with Crippen LogP contribution in [0.3, 0.4) is 0 Å². The zero-order valence-corrected chi connectivity index (χ0v) is 6.85. The summed E-state index contributed by atoms with van der Waals surface area (Å²) in [7, 11) is -1.76. The maximum absolute atomic E-state index is 9.34. The molecule has 0 aliphatic rings. The second-order valence-electron chi connectivity index (χ2n) is 2.16.